The van der Waals surface area contributed by atoms with Gasteiger partial charge in [0.1, 0.15) is 17.5 Å². The number of ether oxygens (including phenoxy) is 2. The Labute approximate surface area is 191 Å². The first-order valence-corrected chi connectivity index (χ1v) is 11.5. The molecular formula is C26H36N2O4. The van der Waals surface area contributed by atoms with E-state index in [1.165, 1.54) is 0 Å². The molecule has 174 valence electrons. The van der Waals surface area contributed by atoms with Gasteiger partial charge in [0.2, 0.25) is 11.8 Å². The predicted molar refractivity (Wildman–Crippen MR) is 127 cm³/mol. The summed E-state index contributed by atoms with van der Waals surface area (Å²) in [7, 11) is 1.62. The second-order valence-electron chi connectivity index (χ2n) is 7.70. The Morgan fingerprint density at radius 2 is 1.66 bits per heavy atom. The molecule has 2 rings (SSSR count). The van der Waals surface area contributed by atoms with E-state index in [1.54, 1.807) is 12.0 Å². The van der Waals surface area contributed by atoms with Crippen LogP contribution in [0.1, 0.15) is 51.5 Å². The van der Waals surface area contributed by atoms with Crippen LogP contribution in [0, 0.1) is 0 Å². The fourth-order valence-corrected chi connectivity index (χ4v) is 3.43. The van der Waals surface area contributed by atoms with Crippen molar-refractivity contribution in [1.29, 1.82) is 0 Å². The van der Waals surface area contributed by atoms with Crippen LogP contribution in [0.2, 0.25) is 0 Å². The summed E-state index contributed by atoms with van der Waals surface area (Å²) in [6.07, 6.45) is 3.40. The quantitative estimate of drug-likeness (QED) is 0.437. The minimum Gasteiger partial charge on any atom is -0.497 e. The van der Waals surface area contributed by atoms with Gasteiger partial charge >= 0.3 is 0 Å². The Morgan fingerprint density at radius 1 is 0.969 bits per heavy atom. The van der Waals surface area contributed by atoms with Gasteiger partial charge in [-0.1, -0.05) is 50.6 Å². The molecule has 1 N–H and O–H groups in total. The number of hydrogen-bond donors (Lipinski definition) is 1. The average Bonchev–Trinajstić information content (AvgIpc) is 2.82. The van der Waals surface area contributed by atoms with Crippen LogP contribution < -0.4 is 14.8 Å². The average molecular weight is 441 g/mol. The van der Waals surface area contributed by atoms with E-state index >= 15 is 0 Å². The number of hydrogen-bond acceptors (Lipinski definition) is 4. The van der Waals surface area contributed by atoms with E-state index in [0.717, 1.165) is 29.9 Å². The van der Waals surface area contributed by atoms with Gasteiger partial charge in [0.05, 0.1) is 13.7 Å². The van der Waals surface area contributed by atoms with Crippen molar-refractivity contribution in [2.24, 2.45) is 0 Å². The van der Waals surface area contributed by atoms with Crippen LogP contribution in [-0.2, 0) is 16.1 Å². The first-order chi connectivity index (χ1) is 15.6. The largest absolute Gasteiger partial charge is 0.497 e. The van der Waals surface area contributed by atoms with Gasteiger partial charge in [-0.2, -0.15) is 0 Å². The number of rotatable bonds is 14. The van der Waals surface area contributed by atoms with Gasteiger partial charge in [-0.3, -0.25) is 9.59 Å². The minimum atomic E-state index is -0.484. The summed E-state index contributed by atoms with van der Waals surface area (Å²) < 4.78 is 10.9. The minimum absolute atomic E-state index is 0.0373. The highest BCUT2D eigenvalue weighted by molar-refractivity contribution is 5.87. The van der Waals surface area contributed by atoms with E-state index < -0.39 is 6.04 Å². The molecule has 0 aliphatic rings. The number of carbonyl (C=O) groups is 2. The van der Waals surface area contributed by atoms with E-state index in [2.05, 4.69) is 12.2 Å². The number of amides is 2. The van der Waals surface area contributed by atoms with Crippen molar-refractivity contribution in [2.45, 2.75) is 58.5 Å². The van der Waals surface area contributed by atoms with Crippen molar-refractivity contribution in [3.05, 3.63) is 60.2 Å². The molecule has 0 spiro atoms. The van der Waals surface area contributed by atoms with Crippen molar-refractivity contribution in [3.63, 3.8) is 0 Å². The summed E-state index contributed by atoms with van der Waals surface area (Å²) in [5.41, 5.74) is 1.01. The molecule has 6 heteroatoms. The highest BCUT2D eigenvalue weighted by atomic mass is 16.5. The Morgan fingerprint density at radius 3 is 2.28 bits per heavy atom. The summed E-state index contributed by atoms with van der Waals surface area (Å²) in [5, 5.41) is 2.99. The third-order valence-electron chi connectivity index (χ3n) is 5.27. The normalized spacial score (nSPS) is 11.5. The van der Waals surface area contributed by atoms with Crippen LogP contribution in [0.4, 0.5) is 0 Å². The fraction of sp³-hybridized carbons (Fsp3) is 0.462. The summed E-state index contributed by atoms with van der Waals surface area (Å²) in [5.74, 6) is 1.39. The van der Waals surface area contributed by atoms with Gasteiger partial charge in [-0.25, -0.2) is 0 Å². The maximum absolute atomic E-state index is 13.2. The molecule has 0 bridgehead atoms. The lowest BCUT2D eigenvalue weighted by Crippen LogP contribution is -2.49. The lowest BCUT2D eigenvalue weighted by molar-refractivity contribution is -0.141. The smallest absolute Gasteiger partial charge is 0.242 e. The van der Waals surface area contributed by atoms with Crippen LogP contribution in [0.15, 0.2) is 54.6 Å². The third kappa shape index (κ3) is 8.25. The molecule has 0 saturated carbocycles. The molecule has 0 radical (unpaired) electrons. The van der Waals surface area contributed by atoms with Crippen LogP contribution in [0.5, 0.6) is 11.5 Å². The van der Waals surface area contributed by atoms with Gasteiger partial charge in [0.15, 0.2) is 0 Å². The molecule has 2 amide bonds. The molecule has 0 aromatic heterocycles. The van der Waals surface area contributed by atoms with Crippen LogP contribution in [0.3, 0.4) is 0 Å². The molecule has 0 unspecified atom stereocenters. The first-order valence-electron chi connectivity index (χ1n) is 11.5. The van der Waals surface area contributed by atoms with Crippen LogP contribution >= 0.6 is 0 Å². The zero-order chi connectivity index (χ0) is 23.2. The van der Waals surface area contributed by atoms with Crippen molar-refractivity contribution in [3.8, 4) is 11.5 Å². The molecule has 0 aliphatic carbocycles. The summed E-state index contributed by atoms with van der Waals surface area (Å²) in [6.45, 7) is 5.51. The zero-order valence-electron chi connectivity index (χ0n) is 19.5. The number of benzene rings is 2. The van der Waals surface area contributed by atoms with Gasteiger partial charge in [0.25, 0.3) is 0 Å². The highest BCUT2D eigenvalue weighted by Crippen LogP contribution is 2.18. The summed E-state index contributed by atoms with van der Waals surface area (Å²) >= 11 is 0. The van der Waals surface area contributed by atoms with E-state index in [0.29, 0.717) is 39.0 Å². The van der Waals surface area contributed by atoms with Crippen molar-refractivity contribution >= 4 is 11.8 Å². The number of nitrogens with zero attached hydrogens (tertiary/aromatic N) is 1. The first kappa shape index (κ1) is 25.2. The second-order valence-corrected chi connectivity index (χ2v) is 7.70. The van der Waals surface area contributed by atoms with Crippen LogP contribution in [-0.4, -0.2) is 43.0 Å². The SMILES string of the molecule is CCCCNC(=O)[C@@H](CC)N(Cc1ccccc1)C(=O)CCCOc1ccc(OC)cc1. The van der Waals surface area contributed by atoms with E-state index in [4.69, 9.17) is 9.47 Å². The Balaban J connectivity index is 1.97. The van der Waals surface area contributed by atoms with E-state index in [-0.39, 0.29) is 11.8 Å². The lowest BCUT2D eigenvalue weighted by Gasteiger charge is -2.30. The number of unbranched alkanes of at least 4 members (excludes halogenated alkanes) is 1. The van der Waals surface area contributed by atoms with E-state index in [9.17, 15) is 9.59 Å². The molecule has 1 atom stereocenters. The fourth-order valence-electron chi connectivity index (χ4n) is 3.43. The summed E-state index contributed by atoms with van der Waals surface area (Å²) in [6, 6.07) is 16.7. The maximum atomic E-state index is 13.2. The molecular weight excluding hydrogens is 404 g/mol. The number of nitrogens with one attached hydrogen (secondary N) is 1. The Hall–Kier alpha value is -3.02. The predicted octanol–water partition coefficient (Wildman–Crippen LogP) is 4.58. The summed E-state index contributed by atoms with van der Waals surface area (Å²) in [4.78, 5) is 27.7. The highest BCUT2D eigenvalue weighted by Gasteiger charge is 2.28. The number of methoxy groups -OCH3 is 1. The molecule has 0 aliphatic heterocycles. The Bertz CT molecular complexity index is 808. The molecule has 0 fully saturated rings. The Kier molecular flexibility index (Phi) is 11.1. The standard InChI is InChI=1S/C26H36N2O4/c1-4-6-18-27-26(30)24(5-2)28(20-21-11-8-7-9-12-21)25(29)13-10-19-32-23-16-14-22(31-3)15-17-23/h7-9,11-12,14-17,24H,4-6,10,13,18-20H2,1-3H3,(H,27,30)/t24-/m1/s1. The van der Waals surface area contributed by atoms with Gasteiger partial charge in [-0.15, -0.1) is 0 Å². The molecule has 0 heterocycles. The molecule has 6 nitrogen and oxygen atoms in total. The monoisotopic (exact) mass is 440 g/mol. The van der Waals surface area contributed by atoms with Gasteiger partial charge < -0.3 is 19.7 Å². The van der Waals surface area contributed by atoms with Gasteiger partial charge in [0, 0.05) is 19.5 Å². The molecule has 0 saturated heterocycles. The van der Waals surface area contributed by atoms with Crippen molar-refractivity contribution in [2.75, 3.05) is 20.3 Å². The topological polar surface area (TPSA) is 67.9 Å². The maximum Gasteiger partial charge on any atom is 0.242 e. The molecule has 2 aromatic carbocycles. The lowest BCUT2D eigenvalue weighted by atomic mass is 10.1. The van der Waals surface area contributed by atoms with Crippen LogP contribution in [0.25, 0.3) is 0 Å². The molecule has 32 heavy (non-hydrogen) atoms. The van der Waals surface area contributed by atoms with E-state index in [1.807, 2.05) is 61.5 Å². The van der Waals surface area contributed by atoms with Crippen molar-refractivity contribution < 1.29 is 19.1 Å². The molecule has 2 aromatic rings. The number of carbonyl (C=O) groups excluding carboxylic acids is 2. The third-order valence-corrected chi connectivity index (χ3v) is 5.27. The second kappa shape index (κ2) is 14.1. The van der Waals surface area contributed by atoms with Gasteiger partial charge in [-0.05, 0) is 49.1 Å². The van der Waals surface area contributed by atoms with Crippen molar-refractivity contribution in [1.82, 2.24) is 10.2 Å². The zero-order valence-corrected chi connectivity index (χ0v) is 19.5.